The van der Waals surface area contributed by atoms with Crippen molar-refractivity contribution in [3.05, 3.63) is 0 Å². The van der Waals surface area contributed by atoms with Gasteiger partial charge in [0, 0.05) is 0 Å². The van der Waals surface area contributed by atoms with E-state index in [0.717, 1.165) is 6.34 Å². The summed E-state index contributed by atoms with van der Waals surface area (Å²) >= 11 is 0. The van der Waals surface area contributed by atoms with Gasteiger partial charge >= 0.3 is 0 Å². The lowest BCUT2D eigenvalue weighted by atomic mass is 11.2. The fourth-order valence-electron chi connectivity index (χ4n) is 0.0805. The fraction of sp³-hybridized carbons (Fsp3) is 0. The van der Waals surface area contributed by atoms with E-state index in [-0.39, 0.29) is 0 Å². The molecule has 3 heteroatoms. The Labute approximate surface area is 35.9 Å². The molecule has 0 atom stereocenters. The van der Waals surface area contributed by atoms with Gasteiger partial charge in [0.05, 0.1) is 0 Å². The molecule has 0 aromatic rings. The number of hydrogen-bond acceptors (Lipinski definition) is 1. The Morgan fingerprint density at radius 1 is 1.67 bits per heavy atom. The second-order valence-corrected chi connectivity index (χ2v) is 0.576. The largest absolute Gasteiger partial charge is 0.289 e. The van der Waals surface area contributed by atoms with Gasteiger partial charge in [-0.3, -0.25) is 10.4 Å². The number of nitrogens with zero attached hydrogens (tertiary/aromatic N) is 2. The highest BCUT2D eigenvalue weighted by Crippen LogP contribution is 1.50. The van der Waals surface area contributed by atoms with Crippen LogP contribution in [0.15, 0.2) is 9.98 Å². The van der Waals surface area contributed by atoms with Crippen molar-refractivity contribution in [2.24, 2.45) is 9.98 Å². The van der Waals surface area contributed by atoms with E-state index in [2.05, 4.69) is 16.7 Å². The van der Waals surface area contributed by atoms with Gasteiger partial charge in [0.15, 0.2) is 0 Å². The molecule has 0 saturated carbocycles. The first-order valence-electron chi connectivity index (χ1n) is 1.38. The van der Waals surface area contributed by atoms with E-state index in [4.69, 9.17) is 5.41 Å². The van der Waals surface area contributed by atoms with Crippen molar-refractivity contribution in [1.82, 2.24) is 0 Å². The molecule has 0 aliphatic rings. The Kier molecular flexibility index (Phi) is 3.35. The van der Waals surface area contributed by atoms with Gasteiger partial charge in [0.25, 0.3) is 0 Å². The normalized spacial score (nSPS) is 8.67. The Hall–Kier alpha value is -0.990. The molecule has 0 bridgehead atoms. The van der Waals surface area contributed by atoms with Gasteiger partial charge in [-0.25, -0.2) is 4.99 Å². The summed E-state index contributed by atoms with van der Waals surface area (Å²) in [6.45, 7) is 3.10. The predicted molar refractivity (Wildman–Crippen MR) is 26.8 cm³/mol. The smallest absolute Gasteiger partial charge is 0.116 e. The first kappa shape index (κ1) is 5.01. The van der Waals surface area contributed by atoms with Crippen LogP contribution in [0.1, 0.15) is 0 Å². The van der Waals surface area contributed by atoms with Crippen molar-refractivity contribution in [1.29, 1.82) is 5.41 Å². The molecule has 0 rings (SSSR count). The molecule has 6 heavy (non-hydrogen) atoms. The van der Waals surface area contributed by atoms with Crippen LogP contribution in [0.2, 0.25) is 0 Å². The molecule has 3 nitrogen and oxygen atoms in total. The van der Waals surface area contributed by atoms with Crippen LogP contribution in [0, 0.1) is 5.41 Å². The quantitative estimate of drug-likeness (QED) is 0.369. The average Bonchev–Trinajstić information content (AvgIpc) is 1.61. The summed E-state index contributed by atoms with van der Waals surface area (Å²) in [6.07, 6.45) is 2.10. The van der Waals surface area contributed by atoms with Crippen LogP contribution in [0.3, 0.4) is 0 Å². The lowest BCUT2D eigenvalue weighted by Gasteiger charge is -1.61. The van der Waals surface area contributed by atoms with Crippen molar-refractivity contribution in [2.75, 3.05) is 0 Å². The second-order valence-electron chi connectivity index (χ2n) is 0.576. The van der Waals surface area contributed by atoms with Crippen LogP contribution < -0.4 is 0 Å². The standard InChI is InChI=1S/C3H5N3/c1-5-3-6-2-4/h2-4H,1H2. The molecule has 0 radical (unpaired) electrons. The molecule has 0 amide bonds. The summed E-state index contributed by atoms with van der Waals surface area (Å²) in [7, 11) is 0. The van der Waals surface area contributed by atoms with E-state index in [1.807, 2.05) is 0 Å². The molecule has 0 aliphatic carbocycles. The van der Waals surface area contributed by atoms with E-state index < -0.39 is 0 Å². The van der Waals surface area contributed by atoms with Gasteiger partial charge in [-0.05, 0) is 6.72 Å². The van der Waals surface area contributed by atoms with Crippen molar-refractivity contribution < 1.29 is 0 Å². The summed E-state index contributed by atoms with van der Waals surface area (Å²) in [5, 5.41) is 6.30. The third-order valence-electron chi connectivity index (χ3n) is 0.223. The van der Waals surface area contributed by atoms with Crippen LogP contribution in [0.4, 0.5) is 0 Å². The molecule has 0 fully saturated rings. The lowest BCUT2D eigenvalue weighted by molar-refractivity contribution is 1.51. The summed E-state index contributed by atoms with van der Waals surface area (Å²) in [4.78, 5) is 6.51. The molecule has 0 aromatic heterocycles. The first-order valence-corrected chi connectivity index (χ1v) is 1.38. The maximum Gasteiger partial charge on any atom is 0.116 e. The second kappa shape index (κ2) is 4.01. The highest BCUT2D eigenvalue weighted by molar-refractivity contribution is 5.72. The molecule has 0 aromatic carbocycles. The van der Waals surface area contributed by atoms with Gasteiger partial charge in [-0.2, -0.15) is 0 Å². The molecular weight excluding hydrogens is 78.1 g/mol. The monoisotopic (exact) mass is 83.0 g/mol. The van der Waals surface area contributed by atoms with E-state index in [9.17, 15) is 0 Å². The van der Waals surface area contributed by atoms with E-state index in [0.29, 0.717) is 0 Å². The zero-order valence-electron chi connectivity index (χ0n) is 3.26. The lowest BCUT2D eigenvalue weighted by Crippen LogP contribution is -1.60. The van der Waals surface area contributed by atoms with Gasteiger partial charge in [0.2, 0.25) is 0 Å². The van der Waals surface area contributed by atoms with Crippen molar-refractivity contribution >= 4 is 19.4 Å². The first-order chi connectivity index (χ1) is 2.91. The predicted octanol–water partition coefficient (Wildman–Crippen LogP) is 0.322. The highest BCUT2D eigenvalue weighted by atomic mass is 14.8. The van der Waals surface area contributed by atoms with E-state index in [1.54, 1.807) is 0 Å². The van der Waals surface area contributed by atoms with Crippen molar-refractivity contribution in [3.63, 3.8) is 0 Å². The molecule has 0 heterocycles. The Morgan fingerprint density at radius 3 is 2.50 bits per heavy atom. The SMILES string of the molecule is C=NC=NC=N. The maximum absolute atomic E-state index is 6.30. The average molecular weight is 83.1 g/mol. The van der Waals surface area contributed by atoms with E-state index >= 15 is 0 Å². The fourth-order valence-corrected chi connectivity index (χ4v) is 0.0805. The van der Waals surface area contributed by atoms with Crippen LogP contribution in [0.5, 0.6) is 0 Å². The Morgan fingerprint density at radius 2 is 2.33 bits per heavy atom. The van der Waals surface area contributed by atoms with E-state index in [1.165, 1.54) is 6.34 Å². The maximum atomic E-state index is 6.30. The van der Waals surface area contributed by atoms with Crippen molar-refractivity contribution in [2.45, 2.75) is 0 Å². The number of aliphatic imine (C=N–C) groups is 2. The summed E-state index contributed by atoms with van der Waals surface area (Å²) in [6, 6.07) is 0. The third kappa shape index (κ3) is 3.01. The summed E-state index contributed by atoms with van der Waals surface area (Å²) in [5.41, 5.74) is 0. The number of nitrogens with one attached hydrogen (secondary N) is 1. The minimum absolute atomic E-state index is 0.898. The molecular formula is C3H5N3. The Balaban J connectivity index is 3.17. The zero-order chi connectivity index (χ0) is 4.83. The molecule has 0 unspecified atom stereocenters. The van der Waals surface area contributed by atoms with Crippen LogP contribution in [0.25, 0.3) is 0 Å². The molecule has 32 valence electrons. The molecule has 0 saturated heterocycles. The third-order valence-corrected chi connectivity index (χ3v) is 0.223. The minimum atomic E-state index is 0.898. The number of hydrogen-bond donors (Lipinski definition) is 1. The molecule has 1 N–H and O–H groups in total. The van der Waals surface area contributed by atoms with Gasteiger partial charge in [0.1, 0.15) is 12.7 Å². The Bertz CT molecular complexity index is 64.1. The van der Waals surface area contributed by atoms with Crippen LogP contribution in [-0.2, 0) is 0 Å². The van der Waals surface area contributed by atoms with Crippen LogP contribution >= 0.6 is 0 Å². The minimum Gasteiger partial charge on any atom is -0.289 e. The van der Waals surface area contributed by atoms with Gasteiger partial charge in [-0.15, -0.1) is 0 Å². The summed E-state index contributed by atoms with van der Waals surface area (Å²) in [5.74, 6) is 0. The number of rotatable bonds is 2. The van der Waals surface area contributed by atoms with Gasteiger partial charge < -0.3 is 0 Å². The van der Waals surface area contributed by atoms with Crippen LogP contribution in [-0.4, -0.2) is 19.4 Å². The molecule has 0 aliphatic heterocycles. The zero-order valence-corrected chi connectivity index (χ0v) is 3.26. The highest BCUT2D eigenvalue weighted by Gasteiger charge is 1.48. The van der Waals surface area contributed by atoms with Crippen molar-refractivity contribution in [3.8, 4) is 0 Å². The topological polar surface area (TPSA) is 48.6 Å². The summed E-state index contributed by atoms with van der Waals surface area (Å²) < 4.78 is 0. The molecule has 0 spiro atoms. The van der Waals surface area contributed by atoms with Gasteiger partial charge in [-0.1, -0.05) is 0 Å².